The van der Waals surface area contributed by atoms with Gasteiger partial charge in [-0.1, -0.05) is 13.8 Å². The number of sulfonamides is 1. The fourth-order valence-corrected chi connectivity index (χ4v) is 5.11. The molecule has 8 heteroatoms. The Balaban J connectivity index is 0.00000364. The van der Waals surface area contributed by atoms with E-state index in [1.807, 2.05) is 25.8 Å². The first-order chi connectivity index (χ1) is 12.5. The van der Waals surface area contributed by atoms with Crippen molar-refractivity contribution in [3.8, 4) is 0 Å². The molecule has 1 atom stereocenters. The summed E-state index contributed by atoms with van der Waals surface area (Å²) in [5.74, 6) is -0.0225. The zero-order chi connectivity index (χ0) is 19.2. The third-order valence-electron chi connectivity index (χ3n) is 4.76. The maximum Gasteiger partial charge on any atom is 0.254 e. The van der Waals surface area contributed by atoms with Gasteiger partial charge in [0.15, 0.2) is 0 Å². The summed E-state index contributed by atoms with van der Waals surface area (Å²) in [7, 11) is -1.62. The van der Waals surface area contributed by atoms with Crippen molar-refractivity contribution in [2.75, 3.05) is 33.2 Å². The van der Waals surface area contributed by atoms with Crippen LogP contribution in [0.1, 0.15) is 49.9 Å². The molecule has 27 heavy (non-hydrogen) atoms. The fourth-order valence-electron chi connectivity index (χ4n) is 3.49. The predicted molar refractivity (Wildman–Crippen MR) is 111 cm³/mol. The molecule has 1 unspecified atom stereocenters. The normalized spacial score (nSPS) is 17.2. The number of likely N-dealkylation sites (tertiary alicyclic amines) is 1. The lowest BCUT2D eigenvalue weighted by Crippen LogP contribution is -2.40. The maximum absolute atomic E-state index is 12.8. The van der Waals surface area contributed by atoms with Crippen LogP contribution in [0, 0.1) is 0 Å². The fraction of sp³-hybridized carbons (Fsp3) is 0.632. The Bertz CT molecular complexity index is 689. The van der Waals surface area contributed by atoms with Crippen molar-refractivity contribution in [3.63, 3.8) is 0 Å². The second-order valence-corrected chi connectivity index (χ2v) is 8.72. The second kappa shape index (κ2) is 11.0. The van der Waals surface area contributed by atoms with Crippen LogP contribution in [0.3, 0.4) is 0 Å². The molecule has 1 aliphatic rings. The standard InChI is InChI=1S/C19H31N3O3S.ClH/c1-4-12-21(13-5-2)26(24,25)18-10-8-16(9-11-18)19(23)22-14-6-7-17(22)15-20-3;/h8-11,17,20H,4-7,12-15H2,1-3H3;1H. The summed E-state index contributed by atoms with van der Waals surface area (Å²) in [5.41, 5.74) is 0.546. The number of hydrogen-bond acceptors (Lipinski definition) is 4. The van der Waals surface area contributed by atoms with E-state index in [0.29, 0.717) is 18.7 Å². The Labute approximate surface area is 169 Å². The van der Waals surface area contributed by atoms with Crippen molar-refractivity contribution in [2.45, 2.75) is 50.5 Å². The van der Waals surface area contributed by atoms with Crippen LogP contribution in [0.15, 0.2) is 29.2 Å². The molecule has 1 heterocycles. The number of likely N-dealkylation sites (N-methyl/N-ethyl adjacent to an activating group) is 1. The summed E-state index contributed by atoms with van der Waals surface area (Å²) in [6.45, 7) is 6.50. The number of carbonyl (C=O) groups excluding carboxylic acids is 1. The Morgan fingerprint density at radius 3 is 2.30 bits per heavy atom. The highest BCUT2D eigenvalue weighted by Gasteiger charge is 2.29. The first-order valence-corrected chi connectivity index (χ1v) is 11.0. The highest BCUT2D eigenvalue weighted by molar-refractivity contribution is 7.89. The molecule has 1 amide bonds. The summed E-state index contributed by atoms with van der Waals surface area (Å²) < 4.78 is 27.1. The van der Waals surface area contributed by atoms with Gasteiger partial charge in [-0.25, -0.2) is 8.42 Å². The zero-order valence-electron chi connectivity index (χ0n) is 16.5. The number of rotatable bonds is 9. The lowest BCUT2D eigenvalue weighted by atomic mass is 10.1. The van der Waals surface area contributed by atoms with Crippen LogP contribution in [0.2, 0.25) is 0 Å². The van der Waals surface area contributed by atoms with Gasteiger partial charge in [0.2, 0.25) is 10.0 Å². The van der Waals surface area contributed by atoms with E-state index in [9.17, 15) is 13.2 Å². The molecular weight excluding hydrogens is 386 g/mol. The van der Waals surface area contributed by atoms with E-state index in [4.69, 9.17) is 0 Å². The lowest BCUT2D eigenvalue weighted by Gasteiger charge is -2.25. The van der Waals surface area contributed by atoms with Crippen LogP contribution in [0.4, 0.5) is 0 Å². The molecule has 0 aromatic heterocycles. The van der Waals surface area contributed by atoms with Gasteiger partial charge in [0.05, 0.1) is 4.90 Å². The average molecular weight is 418 g/mol. The molecule has 1 aromatic rings. The molecule has 154 valence electrons. The minimum absolute atomic E-state index is 0. The van der Waals surface area contributed by atoms with Gasteiger partial charge in [0.1, 0.15) is 0 Å². The molecule has 0 bridgehead atoms. The topological polar surface area (TPSA) is 69.7 Å². The van der Waals surface area contributed by atoms with Gasteiger partial charge in [-0.3, -0.25) is 4.79 Å². The van der Waals surface area contributed by atoms with Gasteiger partial charge in [-0.2, -0.15) is 4.31 Å². The molecular formula is C19H32ClN3O3S. The van der Waals surface area contributed by atoms with E-state index in [2.05, 4.69) is 5.32 Å². The van der Waals surface area contributed by atoms with Gasteiger partial charge in [-0.05, 0) is 57.0 Å². The average Bonchev–Trinajstić information content (AvgIpc) is 3.09. The smallest absolute Gasteiger partial charge is 0.254 e. The van der Waals surface area contributed by atoms with Crippen molar-refractivity contribution in [1.29, 1.82) is 0 Å². The molecule has 6 nitrogen and oxygen atoms in total. The van der Waals surface area contributed by atoms with E-state index >= 15 is 0 Å². The number of benzene rings is 1. The van der Waals surface area contributed by atoms with Gasteiger partial charge in [0.25, 0.3) is 5.91 Å². The van der Waals surface area contributed by atoms with Gasteiger partial charge in [0, 0.05) is 37.8 Å². The number of nitrogens with one attached hydrogen (secondary N) is 1. The Morgan fingerprint density at radius 1 is 1.19 bits per heavy atom. The molecule has 0 radical (unpaired) electrons. The van der Waals surface area contributed by atoms with Crippen LogP contribution in [0.5, 0.6) is 0 Å². The minimum atomic E-state index is -3.51. The maximum atomic E-state index is 12.8. The van der Waals surface area contributed by atoms with Crippen molar-refractivity contribution >= 4 is 28.3 Å². The molecule has 0 spiro atoms. The Hall–Kier alpha value is -1.15. The third kappa shape index (κ3) is 5.67. The van der Waals surface area contributed by atoms with Crippen LogP contribution in [-0.4, -0.2) is 62.8 Å². The molecule has 0 aliphatic carbocycles. The summed E-state index contributed by atoms with van der Waals surface area (Å²) >= 11 is 0. The number of carbonyl (C=O) groups is 1. The highest BCUT2D eigenvalue weighted by Crippen LogP contribution is 2.22. The summed E-state index contributed by atoms with van der Waals surface area (Å²) in [6, 6.07) is 6.61. The van der Waals surface area contributed by atoms with Crippen LogP contribution in [-0.2, 0) is 10.0 Å². The Kier molecular flexibility index (Phi) is 9.73. The summed E-state index contributed by atoms with van der Waals surface area (Å²) in [6.07, 6.45) is 3.56. The molecule has 1 aliphatic heterocycles. The predicted octanol–water partition coefficient (Wildman–Crippen LogP) is 2.74. The number of halogens is 1. The molecule has 1 saturated heterocycles. The van der Waals surface area contributed by atoms with Gasteiger partial charge >= 0.3 is 0 Å². The van der Waals surface area contributed by atoms with Crippen LogP contribution >= 0.6 is 12.4 Å². The minimum Gasteiger partial charge on any atom is -0.334 e. The number of hydrogen-bond donors (Lipinski definition) is 1. The van der Waals surface area contributed by atoms with E-state index in [1.54, 1.807) is 24.3 Å². The first-order valence-electron chi connectivity index (χ1n) is 9.51. The van der Waals surface area contributed by atoms with Crippen molar-refractivity contribution in [2.24, 2.45) is 0 Å². The van der Waals surface area contributed by atoms with Crippen molar-refractivity contribution in [3.05, 3.63) is 29.8 Å². The van der Waals surface area contributed by atoms with E-state index in [-0.39, 0.29) is 29.3 Å². The van der Waals surface area contributed by atoms with Crippen molar-refractivity contribution < 1.29 is 13.2 Å². The second-order valence-electron chi connectivity index (χ2n) is 6.78. The highest BCUT2D eigenvalue weighted by atomic mass is 35.5. The molecule has 1 aromatic carbocycles. The SMILES string of the molecule is CCCN(CCC)S(=O)(=O)c1ccc(C(=O)N2CCCC2CNC)cc1.Cl. The van der Waals surface area contributed by atoms with Crippen LogP contribution in [0.25, 0.3) is 0 Å². The monoisotopic (exact) mass is 417 g/mol. The van der Waals surface area contributed by atoms with E-state index < -0.39 is 10.0 Å². The number of amides is 1. The largest absolute Gasteiger partial charge is 0.334 e. The first kappa shape index (κ1) is 23.9. The summed E-state index contributed by atoms with van der Waals surface area (Å²) in [4.78, 5) is 14.9. The quantitative estimate of drug-likeness (QED) is 0.670. The van der Waals surface area contributed by atoms with Gasteiger partial charge < -0.3 is 10.2 Å². The molecule has 0 saturated carbocycles. The van der Waals surface area contributed by atoms with Gasteiger partial charge in [-0.15, -0.1) is 12.4 Å². The van der Waals surface area contributed by atoms with E-state index in [0.717, 1.165) is 38.8 Å². The molecule has 1 fully saturated rings. The van der Waals surface area contributed by atoms with Crippen LogP contribution < -0.4 is 5.32 Å². The number of nitrogens with zero attached hydrogens (tertiary/aromatic N) is 2. The lowest BCUT2D eigenvalue weighted by molar-refractivity contribution is 0.0737. The molecule has 2 rings (SSSR count). The third-order valence-corrected chi connectivity index (χ3v) is 6.68. The van der Waals surface area contributed by atoms with E-state index in [1.165, 1.54) is 4.31 Å². The summed E-state index contributed by atoms with van der Waals surface area (Å²) in [5, 5.41) is 3.13. The molecule has 1 N–H and O–H groups in total. The zero-order valence-corrected chi connectivity index (χ0v) is 18.1. The van der Waals surface area contributed by atoms with Crippen molar-refractivity contribution in [1.82, 2.24) is 14.5 Å². The Morgan fingerprint density at radius 2 is 1.78 bits per heavy atom.